The van der Waals surface area contributed by atoms with E-state index in [0.29, 0.717) is 0 Å². The van der Waals surface area contributed by atoms with Crippen LogP contribution in [-0.2, 0) is 0 Å². The minimum absolute atomic E-state index is 0.911. The lowest BCUT2D eigenvalue weighted by Crippen LogP contribution is -1.92. The van der Waals surface area contributed by atoms with E-state index in [1.54, 1.807) is 0 Å². The molecule has 0 atom stereocenters. The summed E-state index contributed by atoms with van der Waals surface area (Å²) in [6.45, 7) is 0. The summed E-state index contributed by atoms with van der Waals surface area (Å²) >= 11 is 0. The lowest BCUT2D eigenvalue weighted by atomic mass is 9.84. The lowest BCUT2D eigenvalue weighted by molar-refractivity contribution is 0.669. The highest BCUT2D eigenvalue weighted by Gasteiger charge is 2.19. The molecule has 9 aromatic carbocycles. The van der Waals surface area contributed by atoms with Gasteiger partial charge in [-0.3, -0.25) is 0 Å². The van der Waals surface area contributed by atoms with Crippen molar-refractivity contribution in [1.29, 1.82) is 0 Å². The highest BCUT2D eigenvalue weighted by Crippen LogP contribution is 2.46. The number of benzene rings is 9. The van der Waals surface area contributed by atoms with Crippen molar-refractivity contribution in [1.82, 2.24) is 0 Å². The molecule has 1 aromatic heterocycles. The molecule has 1 heterocycles. The highest BCUT2D eigenvalue weighted by molar-refractivity contribution is 6.24. The van der Waals surface area contributed by atoms with Crippen LogP contribution >= 0.6 is 0 Å². The molecule has 0 fully saturated rings. The van der Waals surface area contributed by atoms with Gasteiger partial charge in [-0.25, -0.2) is 0 Å². The summed E-state index contributed by atoms with van der Waals surface area (Å²) in [7, 11) is 0. The first kappa shape index (κ1) is 26.1. The molecule has 1 heteroatoms. The molecule has 0 unspecified atom stereocenters. The van der Waals surface area contributed by atoms with E-state index in [0.717, 1.165) is 21.9 Å². The number of fused-ring (bicyclic) bond motifs is 7. The third kappa shape index (κ3) is 4.03. The van der Waals surface area contributed by atoms with Crippen LogP contribution in [-0.4, -0.2) is 0 Å². The molecule has 10 rings (SSSR count). The Hall–Kier alpha value is -6.18. The van der Waals surface area contributed by atoms with Gasteiger partial charge >= 0.3 is 0 Å². The first-order valence-corrected chi connectivity index (χ1v) is 16.2. The molecule has 0 aliphatic heterocycles. The second-order valence-electron chi connectivity index (χ2n) is 12.5. The summed E-state index contributed by atoms with van der Waals surface area (Å²) in [6, 6.07) is 61.7. The van der Waals surface area contributed by atoms with Crippen molar-refractivity contribution in [2.75, 3.05) is 0 Å². The molecule has 0 saturated heterocycles. The van der Waals surface area contributed by atoms with E-state index in [9.17, 15) is 0 Å². The molecule has 0 bridgehead atoms. The van der Waals surface area contributed by atoms with E-state index in [-0.39, 0.29) is 0 Å². The average Bonchev–Trinajstić information content (AvgIpc) is 3.49. The molecule has 0 aliphatic carbocycles. The number of hydrogen-bond donors (Lipinski definition) is 0. The van der Waals surface area contributed by atoms with Crippen LogP contribution in [0.3, 0.4) is 0 Å². The van der Waals surface area contributed by atoms with Crippen molar-refractivity contribution in [2.45, 2.75) is 0 Å². The van der Waals surface area contributed by atoms with Crippen molar-refractivity contribution >= 4 is 65.0 Å². The summed E-state index contributed by atoms with van der Waals surface area (Å²) in [5.74, 6) is 0. The van der Waals surface area contributed by atoms with Crippen LogP contribution in [0.2, 0.25) is 0 Å². The van der Waals surface area contributed by atoms with Crippen molar-refractivity contribution < 1.29 is 4.42 Å². The van der Waals surface area contributed by atoms with E-state index in [1.807, 2.05) is 0 Å². The summed E-state index contributed by atoms with van der Waals surface area (Å²) < 4.78 is 6.39. The number of rotatable bonds is 3. The second-order valence-corrected chi connectivity index (χ2v) is 12.5. The van der Waals surface area contributed by atoms with Crippen LogP contribution in [0.5, 0.6) is 0 Å². The van der Waals surface area contributed by atoms with E-state index >= 15 is 0 Å². The molecular weight excluding hydrogens is 569 g/mol. The van der Waals surface area contributed by atoms with Crippen molar-refractivity contribution in [2.24, 2.45) is 0 Å². The zero-order valence-electron chi connectivity index (χ0n) is 25.6. The van der Waals surface area contributed by atoms with Crippen LogP contribution < -0.4 is 0 Å². The van der Waals surface area contributed by atoms with Gasteiger partial charge in [0.15, 0.2) is 0 Å². The van der Waals surface area contributed by atoms with Gasteiger partial charge in [-0.05, 0) is 107 Å². The molecule has 10 aromatic rings. The number of furan rings is 1. The molecule has 1 nitrogen and oxygen atoms in total. The minimum atomic E-state index is 0.911. The van der Waals surface area contributed by atoms with Crippen molar-refractivity contribution in [3.63, 3.8) is 0 Å². The van der Waals surface area contributed by atoms with Gasteiger partial charge in [0.05, 0.1) is 0 Å². The molecule has 218 valence electrons. The molecule has 0 aliphatic rings. The molecule has 0 saturated carbocycles. The van der Waals surface area contributed by atoms with E-state index in [4.69, 9.17) is 4.42 Å². The fourth-order valence-electron chi connectivity index (χ4n) is 7.65. The Morgan fingerprint density at radius 2 is 0.851 bits per heavy atom. The normalized spacial score (nSPS) is 11.8. The minimum Gasteiger partial charge on any atom is -0.456 e. The molecule has 0 N–H and O–H groups in total. The summed E-state index contributed by atoms with van der Waals surface area (Å²) in [6.07, 6.45) is 0. The predicted molar refractivity (Wildman–Crippen MR) is 200 cm³/mol. The monoisotopic (exact) mass is 596 g/mol. The van der Waals surface area contributed by atoms with Gasteiger partial charge in [0, 0.05) is 10.8 Å². The quantitative estimate of drug-likeness (QED) is 0.185. The Balaban J connectivity index is 1.27. The van der Waals surface area contributed by atoms with Crippen LogP contribution in [0.25, 0.3) is 98.4 Å². The van der Waals surface area contributed by atoms with E-state index < -0.39 is 0 Å². The zero-order valence-corrected chi connectivity index (χ0v) is 25.6. The number of hydrogen-bond acceptors (Lipinski definition) is 1. The average molecular weight is 597 g/mol. The zero-order chi connectivity index (χ0) is 30.9. The molecule has 0 amide bonds. The van der Waals surface area contributed by atoms with Crippen LogP contribution in [0.4, 0.5) is 0 Å². The van der Waals surface area contributed by atoms with Crippen molar-refractivity contribution in [3.05, 3.63) is 170 Å². The largest absolute Gasteiger partial charge is 0.456 e. The Labute approximate surface area is 271 Å². The first-order chi connectivity index (χ1) is 23.3. The summed E-state index contributed by atoms with van der Waals surface area (Å²) in [5.41, 5.74) is 9.26. The molecule has 0 spiro atoms. The van der Waals surface area contributed by atoms with Gasteiger partial charge in [0.2, 0.25) is 0 Å². The maximum atomic E-state index is 6.39. The van der Waals surface area contributed by atoms with E-state index in [1.165, 1.54) is 76.5 Å². The summed E-state index contributed by atoms with van der Waals surface area (Å²) in [5, 5.41) is 12.2. The van der Waals surface area contributed by atoms with Gasteiger partial charge in [-0.1, -0.05) is 140 Å². The lowest BCUT2D eigenvalue weighted by Gasteiger charge is -2.19. The third-order valence-electron chi connectivity index (χ3n) is 9.82. The van der Waals surface area contributed by atoms with Gasteiger partial charge in [-0.15, -0.1) is 0 Å². The summed E-state index contributed by atoms with van der Waals surface area (Å²) in [4.78, 5) is 0. The SMILES string of the molecule is c1ccc(-c2ccc3cccc(-c4c5ccccc5c(-c5ccc6oc7cc8ccccc8cc7c6c5)c5ccccc45)c3c2)cc1. The van der Waals surface area contributed by atoms with Crippen LogP contribution in [0.15, 0.2) is 174 Å². The third-order valence-corrected chi connectivity index (χ3v) is 9.82. The topological polar surface area (TPSA) is 13.1 Å². The van der Waals surface area contributed by atoms with Crippen molar-refractivity contribution in [3.8, 4) is 33.4 Å². The Bertz CT molecular complexity index is 2780. The highest BCUT2D eigenvalue weighted by atomic mass is 16.3. The molecule has 47 heavy (non-hydrogen) atoms. The van der Waals surface area contributed by atoms with Crippen LogP contribution in [0.1, 0.15) is 0 Å². The fraction of sp³-hybridized carbons (Fsp3) is 0. The van der Waals surface area contributed by atoms with Gasteiger partial charge in [0.25, 0.3) is 0 Å². The molecule has 0 radical (unpaired) electrons. The van der Waals surface area contributed by atoms with Crippen LogP contribution in [0, 0.1) is 0 Å². The maximum Gasteiger partial charge on any atom is 0.136 e. The molecular formula is C46H28O. The smallest absolute Gasteiger partial charge is 0.136 e. The maximum absolute atomic E-state index is 6.39. The fourth-order valence-corrected chi connectivity index (χ4v) is 7.65. The Morgan fingerprint density at radius 3 is 1.60 bits per heavy atom. The second kappa shape index (κ2) is 10.2. The Morgan fingerprint density at radius 1 is 0.277 bits per heavy atom. The van der Waals surface area contributed by atoms with Gasteiger partial charge in [-0.2, -0.15) is 0 Å². The standard InChI is InChI=1S/C46H28O/c1-2-11-29(12-3-1)33-22-21-30-15-10-20-39(40(30)25-33)46-37-18-8-6-16-35(37)45(36-17-7-9-19-38(36)46)34-23-24-43-41(27-34)42-26-31-13-4-5-14-32(31)28-44(42)47-43/h1-28H. The van der Waals surface area contributed by atoms with E-state index in [2.05, 4.69) is 170 Å². The first-order valence-electron chi connectivity index (χ1n) is 16.2. The van der Waals surface area contributed by atoms with Gasteiger partial charge in [0.1, 0.15) is 11.2 Å². The van der Waals surface area contributed by atoms with Gasteiger partial charge < -0.3 is 4.42 Å². The predicted octanol–water partition coefficient (Wildman–Crippen LogP) is 13.2. The Kier molecular flexibility index (Phi) is 5.64.